The number of rotatable bonds is 6. The number of carbonyl (C=O) groups excluding carboxylic acids is 1. The highest BCUT2D eigenvalue weighted by Gasteiger charge is 2.45. The number of piperidine rings is 1. The summed E-state index contributed by atoms with van der Waals surface area (Å²) in [4.78, 5) is 20.2. The van der Waals surface area contributed by atoms with Crippen molar-refractivity contribution in [3.8, 4) is 6.07 Å². The van der Waals surface area contributed by atoms with Crippen molar-refractivity contribution >= 4 is 22.0 Å². The number of oxime groups is 1. The van der Waals surface area contributed by atoms with Gasteiger partial charge in [-0.1, -0.05) is 53.2 Å². The molecule has 0 aliphatic carbocycles. The van der Waals surface area contributed by atoms with Crippen molar-refractivity contribution in [1.82, 2.24) is 9.21 Å². The summed E-state index contributed by atoms with van der Waals surface area (Å²) in [5.74, 6) is 0.167. The molecule has 0 N–H and O–H groups in total. The molecule has 2 heterocycles. The highest BCUT2D eigenvalue weighted by Crippen LogP contribution is 2.36. The molecular weight excluding hydrogens is 468 g/mol. The quantitative estimate of drug-likeness (QED) is 0.601. The molecule has 184 valence electrons. The zero-order valence-corrected chi connectivity index (χ0v) is 20.4. The Morgan fingerprint density at radius 1 is 1.17 bits per heavy atom. The predicted molar refractivity (Wildman–Crippen MR) is 129 cm³/mol. The van der Waals surface area contributed by atoms with Crippen molar-refractivity contribution < 1.29 is 22.8 Å². The van der Waals surface area contributed by atoms with Gasteiger partial charge in [0, 0.05) is 39.0 Å². The van der Waals surface area contributed by atoms with Crippen LogP contribution in [-0.2, 0) is 26.1 Å². The van der Waals surface area contributed by atoms with Crippen molar-refractivity contribution in [3.63, 3.8) is 0 Å². The number of benzene rings is 2. The smallest absolute Gasteiger partial charge is 0.392 e. The van der Waals surface area contributed by atoms with E-state index >= 15 is 0 Å². The van der Waals surface area contributed by atoms with Crippen molar-refractivity contribution in [2.75, 3.05) is 19.6 Å². The molecule has 0 atom stereocenters. The fourth-order valence-corrected chi connectivity index (χ4v) is 5.63. The Morgan fingerprint density at radius 3 is 2.51 bits per heavy atom. The summed E-state index contributed by atoms with van der Waals surface area (Å²) < 4.78 is 32.9. The lowest BCUT2D eigenvalue weighted by atomic mass is 9.89. The zero-order valence-electron chi connectivity index (χ0n) is 19.6. The summed E-state index contributed by atoms with van der Waals surface area (Å²) in [5.41, 5.74) is 1.23. The molecule has 10 heteroatoms. The number of aryl methyl sites for hydroxylation is 1. The van der Waals surface area contributed by atoms with Crippen LogP contribution in [0.3, 0.4) is 0 Å². The maximum atomic E-state index is 13.0. The van der Waals surface area contributed by atoms with Gasteiger partial charge in [0.05, 0.1) is 23.8 Å². The average Bonchev–Trinajstić information content (AvgIpc) is 3.24. The first-order valence-electron chi connectivity index (χ1n) is 11.5. The summed E-state index contributed by atoms with van der Waals surface area (Å²) in [6.45, 7) is 3.03. The largest absolute Gasteiger partial charge is 0.416 e. The SMILES string of the molecule is Cc1ccc(S(=O)(=O)N2CCC3(CC2)CC(OC(=O)N(CCC#N)Cc2ccccc2)=NO3)cc1. The van der Waals surface area contributed by atoms with Crippen LogP contribution in [0.2, 0.25) is 0 Å². The van der Waals surface area contributed by atoms with Gasteiger partial charge >= 0.3 is 6.09 Å². The van der Waals surface area contributed by atoms with Gasteiger partial charge < -0.3 is 14.5 Å². The van der Waals surface area contributed by atoms with Gasteiger partial charge in [-0.25, -0.2) is 13.2 Å². The lowest BCUT2D eigenvalue weighted by molar-refractivity contribution is -0.0506. The number of ether oxygens (including phenoxy) is 1. The molecule has 4 rings (SSSR count). The Morgan fingerprint density at radius 2 is 1.86 bits per heavy atom. The molecule has 0 aromatic heterocycles. The molecule has 0 saturated carbocycles. The van der Waals surface area contributed by atoms with E-state index in [1.165, 1.54) is 9.21 Å². The van der Waals surface area contributed by atoms with E-state index < -0.39 is 21.7 Å². The lowest BCUT2D eigenvalue weighted by Crippen LogP contribution is -2.47. The molecule has 0 radical (unpaired) electrons. The van der Waals surface area contributed by atoms with Crippen LogP contribution in [0.5, 0.6) is 0 Å². The van der Waals surface area contributed by atoms with Crippen LogP contribution in [0.15, 0.2) is 64.6 Å². The molecule has 2 aromatic rings. The number of hydrogen-bond acceptors (Lipinski definition) is 7. The number of carbonyl (C=O) groups is 1. The molecular formula is C25H28N4O5S. The van der Waals surface area contributed by atoms with E-state index in [1.807, 2.05) is 37.3 Å². The highest BCUT2D eigenvalue weighted by molar-refractivity contribution is 7.89. The van der Waals surface area contributed by atoms with Crippen LogP contribution in [0.4, 0.5) is 4.79 Å². The van der Waals surface area contributed by atoms with Gasteiger partial charge in [-0.15, -0.1) is 0 Å². The normalized spacial score (nSPS) is 17.3. The second kappa shape index (κ2) is 10.5. The van der Waals surface area contributed by atoms with Crippen LogP contribution >= 0.6 is 0 Å². The fraction of sp³-hybridized carbons (Fsp3) is 0.400. The second-order valence-corrected chi connectivity index (χ2v) is 10.8. The van der Waals surface area contributed by atoms with E-state index in [0.717, 1.165) is 11.1 Å². The van der Waals surface area contributed by atoms with E-state index in [4.69, 9.17) is 14.8 Å². The molecule has 0 unspecified atom stereocenters. The molecule has 35 heavy (non-hydrogen) atoms. The van der Waals surface area contributed by atoms with Crippen LogP contribution in [0.25, 0.3) is 0 Å². The van der Waals surface area contributed by atoms with E-state index in [-0.39, 0.29) is 43.3 Å². The molecule has 1 amide bonds. The van der Waals surface area contributed by atoms with E-state index in [9.17, 15) is 13.2 Å². The maximum Gasteiger partial charge on any atom is 0.416 e. The van der Waals surface area contributed by atoms with Gasteiger partial charge in [0.1, 0.15) is 5.60 Å². The van der Waals surface area contributed by atoms with Crippen molar-refractivity contribution in [3.05, 3.63) is 65.7 Å². The number of nitriles is 1. The molecule has 2 aliphatic heterocycles. The summed E-state index contributed by atoms with van der Waals surface area (Å²) in [7, 11) is -3.59. The summed E-state index contributed by atoms with van der Waals surface area (Å²) in [6.07, 6.45) is 0.743. The third-order valence-electron chi connectivity index (χ3n) is 6.28. The Labute approximate surface area is 205 Å². The van der Waals surface area contributed by atoms with E-state index in [0.29, 0.717) is 19.4 Å². The van der Waals surface area contributed by atoms with Gasteiger partial charge in [0.2, 0.25) is 15.9 Å². The molecule has 2 aliphatic rings. The summed E-state index contributed by atoms with van der Waals surface area (Å²) in [6, 6.07) is 18.3. The average molecular weight is 497 g/mol. The van der Waals surface area contributed by atoms with Crippen molar-refractivity contribution in [2.45, 2.75) is 49.6 Å². The molecule has 0 bridgehead atoms. The van der Waals surface area contributed by atoms with Gasteiger partial charge in [-0.05, 0) is 24.6 Å². The third kappa shape index (κ3) is 5.81. The predicted octanol–water partition coefficient (Wildman–Crippen LogP) is 3.80. The van der Waals surface area contributed by atoms with Crippen molar-refractivity contribution in [2.24, 2.45) is 5.16 Å². The minimum absolute atomic E-state index is 0.167. The first-order chi connectivity index (χ1) is 16.8. The Bertz CT molecular complexity index is 1210. The van der Waals surface area contributed by atoms with Crippen LogP contribution in [0, 0.1) is 18.3 Å². The molecule has 9 nitrogen and oxygen atoms in total. The number of nitrogens with zero attached hydrogens (tertiary/aromatic N) is 4. The molecule has 2 aromatic carbocycles. The van der Waals surface area contributed by atoms with Gasteiger partial charge in [-0.2, -0.15) is 9.57 Å². The van der Waals surface area contributed by atoms with E-state index in [1.54, 1.807) is 24.3 Å². The number of hydrogen-bond donors (Lipinski definition) is 0. The van der Waals surface area contributed by atoms with Crippen LogP contribution in [-0.4, -0.2) is 54.8 Å². The van der Waals surface area contributed by atoms with Crippen molar-refractivity contribution in [1.29, 1.82) is 5.26 Å². The number of amides is 1. The van der Waals surface area contributed by atoms with Crippen LogP contribution in [0.1, 0.15) is 36.8 Å². The Hall–Kier alpha value is -3.42. The minimum Gasteiger partial charge on any atom is -0.392 e. The zero-order chi connectivity index (χ0) is 24.9. The fourth-order valence-electron chi connectivity index (χ4n) is 4.19. The maximum absolute atomic E-state index is 13.0. The van der Waals surface area contributed by atoms with E-state index in [2.05, 4.69) is 11.2 Å². The summed E-state index contributed by atoms with van der Waals surface area (Å²) in [5, 5.41) is 12.9. The monoisotopic (exact) mass is 496 g/mol. The van der Waals surface area contributed by atoms with Gasteiger partial charge in [0.15, 0.2) is 0 Å². The second-order valence-electron chi connectivity index (χ2n) is 8.84. The van der Waals surface area contributed by atoms with Gasteiger partial charge in [-0.3, -0.25) is 0 Å². The van der Waals surface area contributed by atoms with Crippen LogP contribution < -0.4 is 0 Å². The lowest BCUT2D eigenvalue weighted by Gasteiger charge is -2.36. The standard InChI is InChI=1S/C25H28N4O5S/c1-20-8-10-22(11-9-20)35(31,32)29-16-12-25(13-17-29)18-23(27-34-25)33-24(30)28(15-5-14-26)19-21-6-3-2-4-7-21/h2-4,6-11H,5,12-13,15-19H2,1H3. The Balaban J connectivity index is 1.34. The molecule has 1 fully saturated rings. The minimum atomic E-state index is -3.59. The number of sulfonamides is 1. The first-order valence-corrected chi connectivity index (χ1v) is 12.9. The first kappa shape index (κ1) is 24.7. The third-order valence-corrected chi connectivity index (χ3v) is 8.19. The van der Waals surface area contributed by atoms with Gasteiger partial charge in [0.25, 0.3) is 0 Å². The summed E-state index contributed by atoms with van der Waals surface area (Å²) >= 11 is 0. The Kier molecular flexibility index (Phi) is 7.38. The topological polar surface area (TPSA) is 112 Å². The molecule has 1 spiro atoms. The highest BCUT2D eigenvalue weighted by atomic mass is 32.2. The molecule has 1 saturated heterocycles.